The second kappa shape index (κ2) is 5.95. The lowest BCUT2D eigenvalue weighted by atomic mass is 10.1. The second-order valence-corrected chi connectivity index (χ2v) is 6.37. The molecule has 0 unspecified atom stereocenters. The Kier molecular flexibility index (Phi) is 3.52. The monoisotopic (exact) mass is 380 g/mol. The first-order chi connectivity index (χ1) is 13.6. The van der Waals surface area contributed by atoms with Gasteiger partial charge in [0, 0.05) is 17.1 Å². The van der Waals surface area contributed by atoms with Crippen LogP contribution in [0, 0.1) is 17.5 Å². The number of hydrogen-bond acceptors (Lipinski definition) is 3. The van der Waals surface area contributed by atoms with E-state index in [9.17, 15) is 18.0 Å². The minimum atomic E-state index is -1.56. The average molecular weight is 380 g/mol. The molecule has 0 N–H and O–H groups in total. The molecule has 2 aromatic carbocycles. The molecule has 1 aliphatic rings. The number of carbonyl (C=O) groups is 1. The Balaban J connectivity index is 1.65. The highest BCUT2D eigenvalue weighted by molar-refractivity contribution is 6.13. The topological polar surface area (TPSA) is 44.1 Å². The average Bonchev–Trinajstić information content (AvgIpc) is 3.28. The highest BCUT2D eigenvalue weighted by atomic mass is 19.2. The van der Waals surface area contributed by atoms with Gasteiger partial charge in [0.25, 0.3) is 5.91 Å². The minimum absolute atomic E-state index is 0.154. The summed E-state index contributed by atoms with van der Waals surface area (Å²) in [6, 6.07) is 12.5. The third-order valence-electron chi connectivity index (χ3n) is 4.76. The summed E-state index contributed by atoms with van der Waals surface area (Å²) >= 11 is 0. The van der Waals surface area contributed by atoms with Crippen molar-refractivity contribution in [2.75, 3.05) is 0 Å². The number of para-hydroxylation sites is 1. The van der Waals surface area contributed by atoms with Crippen molar-refractivity contribution < 1.29 is 22.7 Å². The zero-order valence-electron chi connectivity index (χ0n) is 14.2. The van der Waals surface area contributed by atoms with Crippen molar-refractivity contribution >= 4 is 16.8 Å². The number of pyridine rings is 1. The number of halogens is 3. The normalized spacial score (nSPS) is 12.3. The van der Waals surface area contributed by atoms with Gasteiger partial charge < -0.3 is 4.74 Å². The Labute approximate surface area is 156 Å². The predicted octanol–water partition coefficient (Wildman–Crippen LogP) is 4.70. The summed E-state index contributed by atoms with van der Waals surface area (Å²) in [5.41, 5.74) is 1.81. The number of rotatable bonds is 3. The van der Waals surface area contributed by atoms with E-state index in [-0.39, 0.29) is 29.4 Å². The Bertz CT molecular complexity index is 1280. The summed E-state index contributed by atoms with van der Waals surface area (Å²) in [6.45, 7) is -0.369. The Hall–Kier alpha value is -3.61. The van der Waals surface area contributed by atoms with Crippen molar-refractivity contribution in [3.05, 3.63) is 83.3 Å². The maximum atomic E-state index is 14.0. The van der Waals surface area contributed by atoms with E-state index >= 15 is 0 Å². The summed E-state index contributed by atoms with van der Waals surface area (Å²) in [6.07, 6.45) is 1.63. The third-order valence-corrected chi connectivity index (χ3v) is 4.76. The molecule has 0 amide bonds. The predicted molar refractivity (Wildman–Crippen MR) is 95.5 cm³/mol. The first-order valence-corrected chi connectivity index (χ1v) is 8.46. The van der Waals surface area contributed by atoms with E-state index in [1.165, 1.54) is 4.57 Å². The molecule has 0 atom stereocenters. The van der Waals surface area contributed by atoms with Crippen LogP contribution >= 0.6 is 0 Å². The fraction of sp³-hybridized carbons (Fsp3) is 0.0476. The molecule has 0 fully saturated rings. The lowest BCUT2D eigenvalue weighted by molar-refractivity contribution is 0.0965. The molecule has 28 heavy (non-hydrogen) atoms. The second-order valence-electron chi connectivity index (χ2n) is 6.37. The molecule has 4 nitrogen and oxygen atoms in total. The number of hydrogen-bond donors (Lipinski definition) is 0. The van der Waals surface area contributed by atoms with Gasteiger partial charge >= 0.3 is 0 Å². The van der Waals surface area contributed by atoms with Crippen LogP contribution < -0.4 is 4.74 Å². The summed E-state index contributed by atoms with van der Waals surface area (Å²) in [5.74, 6) is -4.22. The third kappa shape index (κ3) is 2.26. The molecule has 0 saturated heterocycles. The van der Waals surface area contributed by atoms with E-state index in [1.807, 2.05) is 0 Å². The van der Waals surface area contributed by atoms with Crippen LogP contribution in [0.2, 0.25) is 0 Å². The molecule has 7 heteroatoms. The number of nitrogens with zero attached hydrogens (tertiary/aromatic N) is 2. The van der Waals surface area contributed by atoms with E-state index in [4.69, 9.17) is 4.74 Å². The van der Waals surface area contributed by atoms with Gasteiger partial charge in [0.2, 0.25) is 0 Å². The van der Waals surface area contributed by atoms with E-state index < -0.39 is 17.5 Å². The van der Waals surface area contributed by atoms with E-state index in [0.717, 1.165) is 12.1 Å². The molecule has 5 rings (SSSR count). The van der Waals surface area contributed by atoms with Crippen molar-refractivity contribution in [3.63, 3.8) is 0 Å². The molecule has 4 aromatic rings. The van der Waals surface area contributed by atoms with Crippen LogP contribution in [0.4, 0.5) is 13.2 Å². The molecule has 0 spiro atoms. The van der Waals surface area contributed by atoms with Gasteiger partial charge in [-0.1, -0.05) is 12.1 Å². The fourth-order valence-electron chi connectivity index (χ4n) is 3.41. The largest absolute Gasteiger partial charge is 0.487 e. The highest BCUT2D eigenvalue weighted by Crippen LogP contribution is 2.41. The zero-order valence-corrected chi connectivity index (χ0v) is 14.2. The number of benzene rings is 2. The molecule has 138 valence electrons. The van der Waals surface area contributed by atoms with Crippen LogP contribution in [0.1, 0.15) is 15.9 Å². The van der Waals surface area contributed by atoms with Gasteiger partial charge in [0.15, 0.2) is 17.5 Å². The van der Waals surface area contributed by atoms with Gasteiger partial charge in [-0.2, -0.15) is 0 Å². The molecule has 1 aliphatic heterocycles. The SMILES string of the molecule is O=C1c2c(nc3ccccc3c2OCc2ccc(F)c(F)c2F)-c2cccn21. The van der Waals surface area contributed by atoms with Gasteiger partial charge in [-0.25, -0.2) is 18.2 Å². The molecule has 3 heterocycles. The zero-order chi connectivity index (χ0) is 19.4. The number of carbonyl (C=O) groups excluding carboxylic acids is 1. The van der Waals surface area contributed by atoms with E-state index in [1.54, 1.807) is 42.6 Å². The Morgan fingerprint density at radius 1 is 0.964 bits per heavy atom. The van der Waals surface area contributed by atoms with Crippen molar-refractivity contribution in [1.29, 1.82) is 0 Å². The van der Waals surface area contributed by atoms with Gasteiger partial charge in [0.1, 0.15) is 23.6 Å². The van der Waals surface area contributed by atoms with Crippen molar-refractivity contribution in [2.24, 2.45) is 0 Å². The summed E-state index contributed by atoms with van der Waals surface area (Å²) < 4.78 is 48.0. The first kappa shape index (κ1) is 16.6. The number of aromatic nitrogens is 2. The standard InChI is InChI=1S/C21H11F3N2O2/c22-13-8-7-11(17(23)18(13)24)10-28-20-12-4-1-2-5-14(12)25-19-15-6-3-9-26(15)21(27)16(19)20/h1-9H,10H2. The summed E-state index contributed by atoms with van der Waals surface area (Å²) in [7, 11) is 0. The quantitative estimate of drug-likeness (QED) is 0.426. The van der Waals surface area contributed by atoms with Crippen LogP contribution in [0.5, 0.6) is 5.75 Å². The van der Waals surface area contributed by atoms with Gasteiger partial charge in [-0.3, -0.25) is 9.36 Å². The van der Waals surface area contributed by atoms with E-state index in [2.05, 4.69) is 4.98 Å². The van der Waals surface area contributed by atoms with Gasteiger partial charge in [-0.05, 0) is 36.4 Å². The maximum absolute atomic E-state index is 14.0. The van der Waals surface area contributed by atoms with Crippen LogP contribution in [0.15, 0.2) is 54.7 Å². The first-order valence-electron chi connectivity index (χ1n) is 8.46. The lowest BCUT2D eigenvalue weighted by Crippen LogP contribution is -2.09. The van der Waals surface area contributed by atoms with E-state index in [0.29, 0.717) is 22.3 Å². The summed E-state index contributed by atoms with van der Waals surface area (Å²) in [4.78, 5) is 17.4. The van der Waals surface area contributed by atoms with Crippen molar-refractivity contribution in [2.45, 2.75) is 6.61 Å². The van der Waals surface area contributed by atoms with Crippen molar-refractivity contribution in [1.82, 2.24) is 9.55 Å². The molecular weight excluding hydrogens is 369 g/mol. The number of fused-ring (bicyclic) bond motifs is 4. The van der Waals surface area contributed by atoms with Crippen molar-refractivity contribution in [3.8, 4) is 17.1 Å². The molecule has 0 radical (unpaired) electrons. The number of ether oxygens (including phenoxy) is 1. The smallest absolute Gasteiger partial charge is 0.268 e. The fourth-order valence-corrected chi connectivity index (χ4v) is 3.41. The molecular formula is C21H11F3N2O2. The lowest BCUT2D eigenvalue weighted by Gasteiger charge is -2.13. The molecule has 0 aliphatic carbocycles. The molecule has 0 saturated carbocycles. The van der Waals surface area contributed by atoms with Crippen LogP contribution in [-0.4, -0.2) is 15.5 Å². The maximum Gasteiger partial charge on any atom is 0.268 e. The van der Waals surface area contributed by atoms with Gasteiger partial charge in [0.05, 0.1) is 11.2 Å². The van der Waals surface area contributed by atoms with Gasteiger partial charge in [-0.15, -0.1) is 0 Å². The highest BCUT2D eigenvalue weighted by Gasteiger charge is 2.32. The summed E-state index contributed by atoms with van der Waals surface area (Å²) in [5, 5.41) is 0.573. The Morgan fingerprint density at radius 3 is 2.64 bits per heavy atom. The Morgan fingerprint density at radius 2 is 1.79 bits per heavy atom. The molecule has 0 bridgehead atoms. The van der Waals surface area contributed by atoms with Crippen LogP contribution in [-0.2, 0) is 6.61 Å². The molecule has 2 aromatic heterocycles. The van der Waals surface area contributed by atoms with Crippen LogP contribution in [0.3, 0.4) is 0 Å². The van der Waals surface area contributed by atoms with Crippen LogP contribution in [0.25, 0.3) is 22.3 Å². The minimum Gasteiger partial charge on any atom is -0.487 e.